The van der Waals surface area contributed by atoms with Gasteiger partial charge in [-0.3, -0.25) is 9.48 Å². The highest BCUT2D eigenvalue weighted by Crippen LogP contribution is 2.19. The van der Waals surface area contributed by atoms with Crippen molar-refractivity contribution in [3.8, 4) is 5.75 Å². The van der Waals surface area contributed by atoms with E-state index in [4.69, 9.17) is 10.5 Å². The number of anilines is 1. The number of hydrogen-bond acceptors (Lipinski definition) is 4. The van der Waals surface area contributed by atoms with Gasteiger partial charge in [0.1, 0.15) is 5.75 Å². The minimum Gasteiger partial charge on any atom is -0.497 e. The van der Waals surface area contributed by atoms with Crippen LogP contribution in [0, 0.1) is 0 Å². The quantitative estimate of drug-likeness (QED) is 0.885. The number of nitrogen functional groups attached to an aromatic ring is 1. The minimum atomic E-state index is -0.293. The molecule has 0 bridgehead atoms. The van der Waals surface area contributed by atoms with E-state index < -0.39 is 0 Å². The molecule has 0 radical (unpaired) electrons. The number of carbonyl (C=O) groups excluding carboxylic acids is 1. The molecule has 2 aromatic rings. The number of carbonyl (C=O) groups is 1. The van der Waals surface area contributed by atoms with Crippen LogP contribution in [0.15, 0.2) is 30.5 Å². The lowest BCUT2D eigenvalue weighted by Gasteiger charge is -2.14. The summed E-state index contributed by atoms with van der Waals surface area (Å²) < 4.78 is 6.68. The summed E-state index contributed by atoms with van der Waals surface area (Å²) >= 11 is 0. The molecule has 0 aliphatic carbocycles. The van der Waals surface area contributed by atoms with Crippen molar-refractivity contribution in [1.29, 1.82) is 0 Å². The molecular weight excluding hydrogens is 256 g/mol. The summed E-state index contributed by atoms with van der Waals surface area (Å²) in [5.41, 5.74) is 7.29. The molecule has 0 fully saturated rings. The van der Waals surface area contributed by atoms with Crippen LogP contribution in [0.25, 0.3) is 0 Å². The maximum atomic E-state index is 12.1. The SMILES string of the molecule is COc1cccc(C(C)NC(=O)c2nn(C)cc2N)c1. The molecule has 1 aromatic carbocycles. The summed E-state index contributed by atoms with van der Waals surface area (Å²) in [7, 11) is 3.33. The first kappa shape index (κ1) is 13.9. The van der Waals surface area contributed by atoms with Gasteiger partial charge in [-0.25, -0.2) is 0 Å². The summed E-state index contributed by atoms with van der Waals surface area (Å²) in [4.78, 5) is 12.1. The number of nitrogens with one attached hydrogen (secondary N) is 1. The maximum Gasteiger partial charge on any atom is 0.274 e. The highest BCUT2D eigenvalue weighted by atomic mass is 16.5. The highest BCUT2D eigenvalue weighted by molar-refractivity contribution is 5.97. The normalized spacial score (nSPS) is 11.9. The van der Waals surface area contributed by atoms with Crippen molar-refractivity contribution in [2.24, 2.45) is 7.05 Å². The van der Waals surface area contributed by atoms with Gasteiger partial charge in [0, 0.05) is 13.2 Å². The average molecular weight is 274 g/mol. The van der Waals surface area contributed by atoms with Crippen LogP contribution in [0.4, 0.5) is 5.69 Å². The van der Waals surface area contributed by atoms with Gasteiger partial charge in [-0.1, -0.05) is 12.1 Å². The number of hydrogen-bond donors (Lipinski definition) is 2. The third-order valence-corrected chi connectivity index (χ3v) is 3.01. The second-order valence-corrected chi connectivity index (χ2v) is 4.58. The second-order valence-electron chi connectivity index (χ2n) is 4.58. The third-order valence-electron chi connectivity index (χ3n) is 3.01. The van der Waals surface area contributed by atoms with E-state index in [-0.39, 0.29) is 17.6 Å². The molecule has 0 aliphatic rings. The fourth-order valence-corrected chi connectivity index (χ4v) is 1.94. The van der Waals surface area contributed by atoms with E-state index in [0.717, 1.165) is 11.3 Å². The van der Waals surface area contributed by atoms with Crippen LogP contribution in [0.3, 0.4) is 0 Å². The Kier molecular flexibility index (Phi) is 3.93. The lowest BCUT2D eigenvalue weighted by Crippen LogP contribution is -2.27. The van der Waals surface area contributed by atoms with Gasteiger partial charge in [-0.2, -0.15) is 5.10 Å². The lowest BCUT2D eigenvalue weighted by atomic mass is 10.1. The predicted molar refractivity (Wildman–Crippen MR) is 76.5 cm³/mol. The molecule has 0 saturated heterocycles. The van der Waals surface area contributed by atoms with Gasteiger partial charge in [0.15, 0.2) is 5.69 Å². The molecule has 3 N–H and O–H groups in total. The first-order valence-corrected chi connectivity index (χ1v) is 6.25. The molecule has 6 heteroatoms. The number of methoxy groups -OCH3 is 1. The monoisotopic (exact) mass is 274 g/mol. The zero-order valence-corrected chi connectivity index (χ0v) is 11.8. The van der Waals surface area contributed by atoms with Crippen molar-refractivity contribution >= 4 is 11.6 Å². The van der Waals surface area contributed by atoms with Crippen molar-refractivity contribution in [2.75, 3.05) is 12.8 Å². The van der Waals surface area contributed by atoms with Crippen molar-refractivity contribution in [2.45, 2.75) is 13.0 Å². The number of ether oxygens (including phenoxy) is 1. The lowest BCUT2D eigenvalue weighted by molar-refractivity contribution is 0.0935. The Morgan fingerprint density at radius 2 is 2.25 bits per heavy atom. The molecule has 0 saturated carbocycles. The maximum absolute atomic E-state index is 12.1. The number of aryl methyl sites for hydroxylation is 1. The molecule has 1 amide bonds. The Morgan fingerprint density at radius 3 is 2.85 bits per heavy atom. The molecule has 1 atom stereocenters. The van der Waals surface area contributed by atoms with Crippen molar-refractivity contribution < 1.29 is 9.53 Å². The zero-order chi connectivity index (χ0) is 14.7. The van der Waals surface area contributed by atoms with Gasteiger partial charge in [-0.05, 0) is 24.6 Å². The van der Waals surface area contributed by atoms with Gasteiger partial charge >= 0.3 is 0 Å². The fourth-order valence-electron chi connectivity index (χ4n) is 1.94. The van der Waals surface area contributed by atoms with Gasteiger partial charge < -0.3 is 15.8 Å². The number of aromatic nitrogens is 2. The third kappa shape index (κ3) is 2.90. The van der Waals surface area contributed by atoms with E-state index in [1.165, 1.54) is 4.68 Å². The van der Waals surface area contributed by atoms with E-state index in [2.05, 4.69) is 10.4 Å². The number of amides is 1. The van der Waals surface area contributed by atoms with Crippen LogP contribution >= 0.6 is 0 Å². The van der Waals surface area contributed by atoms with E-state index in [0.29, 0.717) is 5.69 Å². The summed E-state index contributed by atoms with van der Waals surface area (Å²) in [6, 6.07) is 7.38. The highest BCUT2D eigenvalue weighted by Gasteiger charge is 2.17. The van der Waals surface area contributed by atoms with Gasteiger partial charge in [0.2, 0.25) is 0 Å². The Hall–Kier alpha value is -2.50. The molecule has 6 nitrogen and oxygen atoms in total. The number of nitrogens with two attached hydrogens (primary N) is 1. The Bertz CT molecular complexity index is 621. The summed E-state index contributed by atoms with van der Waals surface area (Å²) in [5, 5.41) is 6.91. The van der Waals surface area contributed by atoms with Crippen LogP contribution in [0.5, 0.6) is 5.75 Å². The van der Waals surface area contributed by atoms with Crippen LogP contribution in [0.1, 0.15) is 29.0 Å². The number of benzene rings is 1. The van der Waals surface area contributed by atoms with Gasteiger partial charge in [0.05, 0.1) is 18.8 Å². The molecule has 2 rings (SSSR count). The van der Waals surface area contributed by atoms with Crippen LogP contribution < -0.4 is 15.8 Å². The standard InChI is InChI=1S/C14H18N4O2/c1-9(10-5-4-6-11(7-10)20-3)16-14(19)13-12(15)8-18(2)17-13/h4-9H,15H2,1-3H3,(H,16,19). The molecule has 106 valence electrons. The molecule has 20 heavy (non-hydrogen) atoms. The van der Waals surface area contributed by atoms with Gasteiger partial charge in [-0.15, -0.1) is 0 Å². The Labute approximate surface area is 117 Å². The van der Waals surface area contributed by atoms with Crippen molar-refractivity contribution in [3.05, 3.63) is 41.7 Å². The number of rotatable bonds is 4. The van der Waals surface area contributed by atoms with Crippen LogP contribution in [-0.4, -0.2) is 22.8 Å². The van der Waals surface area contributed by atoms with Crippen molar-refractivity contribution in [1.82, 2.24) is 15.1 Å². The molecule has 0 spiro atoms. The number of nitrogens with zero attached hydrogens (tertiary/aromatic N) is 2. The zero-order valence-electron chi connectivity index (χ0n) is 11.8. The van der Waals surface area contributed by atoms with Crippen LogP contribution in [-0.2, 0) is 7.05 Å². The minimum absolute atomic E-state index is 0.168. The molecule has 0 aliphatic heterocycles. The fraction of sp³-hybridized carbons (Fsp3) is 0.286. The smallest absolute Gasteiger partial charge is 0.274 e. The molecule has 1 heterocycles. The van der Waals surface area contributed by atoms with Gasteiger partial charge in [0.25, 0.3) is 5.91 Å². The topological polar surface area (TPSA) is 82.2 Å². The molecule has 1 unspecified atom stereocenters. The predicted octanol–water partition coefficient (Wildman–Crippen LogP) is 1.50. The van der Waals surface area contributed by atoms with Crippen LogP contribution in [0.2, 0.25) is 0 Å². The summed E-state index contributed by atoms with van der Waals surface area (Å²) in [6.45, 7) is 1.89. The van der Waals surface area contributed by atoms with E-state index in [1.807, 2.05) is 31.2 Å². The van der Waals surface area contributed by atoms with Crippen molar-refractivity contribution in [3.63, 3.8) is 0 Å². The first-order valence-electron chi connectivity index (χ1n) is 6.25. The second kappa shape index (κ2) is 5.64. The molecule has 1 aromatic heterocycles. The average Bonchev–Trinajstić information content (AvgIpc) is 2.77. The Balaban J connectivity index is 2.12. The first-order chi connectivity index (χ1) is 9.51. The largest absolute Gasteiger partial charge is 0.497 e. The van der Waals surface area contributed by atoms with E-state index in [9.17, 15) is 4.79 Å². The summed E-state index contributed by atoms with van der Waals surface area (Å²) in [6.07, 6.45) is 1.60. The van der Waals surface area contributed by atoms with E-state index in [1.54, 1.807) is 20.4 Å². The van der Waals surface area contributed by atoms with E-state index >= 15 is 0 Å². The molecular formula is C14H18N4O2. The summed E-state index contributed by atoms with van der Waals surface area (Å²) in [5.74, 6) is 0.458. The Morgan fingerprint density at radius 1 is 1.50 bits per heavy atom.